The van der Waals surface area contributed by atoms with E-state index in [1.165, 1.54) is 0 Å². The predicted molar refractivity (Wildman–Crippen MR) is 107 cm³/mol. The average molecular weight is 382 g/mol. The molecule has 6 heteroatoms. The Balaban J connectivity index is 1.69. The summed E-state index contributed by atoms with van der Waals surface area (Å²) in [4.78, 5) is 18.0. The van der Waals surface area contributed by atoms with Crippen molar-refractivity contribution >= 4 is 17.7 Å². The summed E-state index contributed by atoms with van der Waals surface area (Å²) >= 11 is 1.62. The number of carbonyl (C=O) groups excluding carboxylic acids is 1. The molecular weight excluding hydrogens is 358 g/mol. The minimum absolute atomic E-state index is 0.0210. The van der Waals surface area contributed by atoms with Crippen molar-refractivity contribution < 1.29 is 9.53 Å². The van der Waals surface area contributed by atoms with Crippen LogP contribution in [0.5, 0.6) is 5.75 Å². The Morgan fingerprint density at radius 2 is 1.85 bits per heavy atom. The van der Waals surface area contributed by atoms with E-state index in [-0.39, 0.29) is 11.9 Å². The number of hydrogen-bond donors (Lipinski definition) is 0. The molecule has 27 heavy (non-hydrogen) atoms. The highest BCUT2D eigenvalue weighted by atomic mass is 32.2. The standard InChI is InChI=1S/C21H23N3O2S/c1-26-20-14-17(27-2)8-9-18(20)21(25)24-12-10-23(11-13-24)19(15-22)16-6-4-3-5-7-16/h3-9,14,19H,10-13H2,1-2H3. The van der Waals surface area contributed by atoms with Crippen LogP contribution in [0, 0.1) is 11.3 Å². The van der Waals surface area contributed by atoms with Crippen LogP contribution in [0.3, 0.4) is 0 Å². The van der Waals surface area contributed by atoms with Gasteiger partial charge >= 0.3 is 0 Å². The first kappa shape index (κ1) is 19.3. The van der Waals surface area contributed by atoms with Crippen molar-refractivity contribution in [3.63, 3.8) is 0 Å². The summed E-state index contributed by atoms with van der Waals surface area (Å²) in [6.07, 6.45) is 1.99. The third-order valence-electron chi connectivity index (χ3n) is 4.84. The van der Waals surface area contributed by atoms with Gasteiger partial charge in [0.05, 0.1) is 18.7 Å². The summed E-state index contributed by atoms with van der Waals surface area (Å²) < 4.78 is 5.42. The van der Waals surface area contributed by atoms with Crippen LogP contribution in [-0.2, 0) is 0 Å². The summed E-state index contributed by atoms with van der Waals surface area (Å²) in [6, 6.07) is 17.6. The molecule has 1 amide bonds. The molecule has 1 aliphatic heterocycles. The molecule has 0 spiro atoms. The average Bonchev–Trinajstić information content (AvgIpc) is 2.74. The van der Waals surface area contributed by atoms with Crippen LogP contribution in [0.15, 0.2) is 53.4 Å². The molecule has 0 N–H and O–H groups in total. The van der Waals surface area contributed by atoms with Crippen LogP contribution in [0.25, 0.3) is 0 Å². The van der Waals surface area contributed by atoms with Crippen molar-refractivity contribution in [3.8, 4) is 11.8 Å². The van der Waals surface area contributed by atoms with Crippen molar-refractivity contribution in [2.75, 3.05) is 39.5 Å². The van der Waals surface area contributed by atoms with Gasteiger partial charge in [0, 0.05) is 31.1 Å². The highest BCUT2D eigenvalue weighted by molar-refractivity contribution is 7.98. The number of methoxy groups -OCH3 is 1. The summed E-state index contributed by atoms with van der Waals surface area (Å²) in [6.45, 7) is 2.53. The van der Waals surface area contributed by atoms with Crippen molar-refractivity contribution in [1.82, 2.24) is 9.80 Å². The van der Waals surface area contributed by atoms with Gasteiger partial charge in [-0.25, -0.2) is 0 Å². The number of amides is 1. The van der Waals surface area contributed by atoms with E-state index in [0.717, 1.165) is 10.5 Å². The maximum atomic E-state index is 13.0. The van der Waals surface area contributed by atoms with Crippen molar-refractivity contribution in [2.45, 2.75) is 10.9 Å². The Kier molecular flexibility index (Phi) is 6.38. The smallest absolute Gasteiger partial charge is 0.257 e. The van der Waals surface area contributed by atoms with E-state index in [4.69, 9.17) is 4.74 Å². The van der Waals surface area contributed by atoms with Crippen molar-refractivity contribution in [1.29, 1.82) is 5.26 Å². The number of rotatable bonds is 5. The number of hydrogen-bond acceptors (Lipinski definition) is 5. The molecule has 0 aromatic heterocycles. The van der Waals surface area contributed by atoms with Crippen LogP contribution in [-0.4, -0.2) is 55.3 Å². The fourth-order valence-corrected chi connectivity index (χ4v) is 3.76. The third kappa shape index (κ3) is 4.26. The molecule has 0 bridgehead atoms. The molecular formula is C21H23N3O2S. The second-order valence-electron chi connectivity index (χ2n) is 6.34. The van der Waals surface area contributed by atoms with Gasteiger partial charge in [0.2, 0.25) is 0 Å². The molecule has 1 fully saturated rings. The molecule has 0 saturated carbocycles. The highest BCUT2D eigenvalue weighted by Gasteiger charge is 2.28. The van der Waals surface area contributed by atoms with E-state index >= 15 is 0 Å². The highest BCUT2D eigenvalue weighted by Crippen LogP contribution is 2.27. The quantitative estimate of drug-likeness (QED) is 0.743. The van der Waals surface area contributed by atoms with Gasteiger partial charge in [0.1, 0.15) is 11.8 Å². The largest absolute Gasteiger partial charge is 0.496 e. The number of ether oxygens (including phenoxy) is 1. The lowest BCUT2D eigenvalue weighted by atomic mass is 10.1. The van der Waals surface area contributed by atoms with E-state index in [1.807, 2.05) is 59.7 Å². The zero-order valence-electron chi connectivity index (χ0n) is 15.6. The maximum absolute atomic E-state index is 13.0. The number of benzene rings is 2. The van der Waals surface area contributed by atoms with Gasteiger partial charge in [-0.3, -0.25) is 9.69 Å². The maximum Gasteiger partial charge on any atom is 0.257 e. The minimum Gasteiger partial charge on any atom is -0.496 e. The molecule has 3 rings (SSSR count). The fraction of sp³-hybridized carbons (Fsp3) is 0.333. The molecule has 0 aliphatic carbocycles. The third-order valence-corrected chi connectivity index (χ3v) is 5.57. The number of nitriles is 1. The monoisotopic (exact) mass is 381 g/mol. The predicted octanol–water partition coefficient (Wildman–Crippen LogP) is 3.44. The molecule has 1 heterocycles. The van der Waals surface area contributed by atoms with E-state index in [1.54, 1.807) is 18.9 Å². The molecule has 1 saturated heterocycles. The second kappa shape index (κ2) is 8.94. The number of carbonyl (C=O) groups is 1. The Morgan fingerprint density at radius 1 is 1.15 bits per heavy atom. The van der Waals surface area contributed by atoms with Gasteiger partial charge in [-0.15, -0.1) is 11.8 Å². The normalized spacial score (nSPS) is 15.8. The number of nitrogens with zero attached hydrogens (tertiary/aromatic N) is 3. The van der Waals surface area contributed by atoms with Gasteiger partial charge in [0.25, 0.3) is 5.91 Å². The van der Waals surface area contributed by atoms with Crippen LogP contribution in [0.2, 0.25) is 0 Å². The van der Waals surface area contributed by atoms with Gasteiger partial charge in [-0.1, -0.05) is 30.3 Å². The first-order valence-corrected chi connectivity index (χ1v) is 10.1. The van der Waals surface area contributed by atoms with E-state index in [0.29, 0.717) is 37.5 Å². The molecule has 1 atom stereocenters. The molecule has 2 aromatic carbocycles. The lowest BCUT2D eigenvalue weighted by molar-refractivity contribution is 0.0603. The summed E-state index contributed by atoms with van der Waals surface area (Å²) in [7, 11) is 1.59. The minimum atomic E-state index is -0.279. The lowest BCUT2D eigenvalue weighted by Crippen LogP contribution is -2.49. The van der Waals surface area contributed by atoms with Gasteiger partial charge in [-0.05, 0) is 30.0 Å². The van der Waals surface area contributed by atoms with Gasteiger partial charge in [0.15, 0.2) is 0 Å². The van der Waals surface area contributed by atoms with E-state index in [9.17, 15) is 10.1 Å². The summed E-state index contributed by atoms with van der Waals surface area (Å²) in [5.74, 6) is 0.584. The van der Waals surface area contributed by atoms with Gasteiger partial charge < -0.3 is 9.64 Å². The molecule has 1 unspecified atom stereocenters. The summed E-state index contributed by atoms with van der Waals surface area (Å²) in [5.41, 5.74) is 1.58. The lowest BCUT2D eigenvalue weighted by Gasteiger charge is -2.37. The number of thioether (sulfide) groups is 1. The molecule has 2 aromatic rings. The topological polar surface area (TPSA) is 56.6 Å². The van der Waals surface area contributed by atoms with Crippen LogP contribution < -0.4 is 4.74 Å². The molecule has 140 valence electrons. The molecule has 1 aliphatic rings. The SMILES string of the molecule is COc1cc(SC)ccc1C(=O)N1CCN(C(C#N)c2ccccc2)CC1. The molecule has 0 radical (unpaired) electrons. The van der Waals surface area contributed by atoms with Gasteiger partial charge in [-0.2, -0.15) is 5.26 Å². The summed E-state index contributed by atoms with van der Waals surface area (Å²) in [5, 5.41) is 9.61. The van der Waals surface area contributed by atoms with Crippen LogP contribution in [0.1, 0.15) is 22.0 Å². The Labute approximate surface area is 164 Å². The van der Waals surface area contributed by atoms with E-state index in [2.05, 4.69) is 11.0 Å². The fourth-order valence-electron chi connectivity index (χ4n) is 3.33. The first-order valence-electron chi connectivity index (χ1n) is 8.88. The zero-order chi connectivity index (χ0) is 19.2. The van der Waals surface area contributed by atoms with Crippen molar-refractivity contribution in [3.05, 3.63) is 59.7 Å². The number of piperazine rings is 1. The Morgan fingerprint density at radius 3 is 2.44 bits per heavy atom. The van der Waals surface area contributed by atoms with Crippen LogP contribution >= 0.6 is 11.8 Å². The Bertz CT molecular complexity index is 827. The van der Waals surface area contributed by atoms with E-state index < -0.39 is 0 Å². The Hall–Kier alpha value is -2.49. The molecule has 5 nitrogen and oxygen atoms in total. The van der Waals surface area contributed by atoms with Crippen LogP contribution in [0.4, 0.5) is 0 Å². The second-order valence-corrected chi connectivity index (χ2v) is 7.22. The first-order chi connectivity index (χ1) is 13.2. The zero-order valence-corrected chi connectivity index (χ0v) is 16.4. The van der Waals surface area contributed by atoms with Crippen molar-refractivity contribution in [2.24, 2.45) is 0 Å².